The summed E-state index contributed by atoms with van der Waals surface area (Å²) < 4.78 is 24.9. The van der Waals surface area contributed by atoms with E-state index in [9.17, 15) is 9.18 Å². The predicted molar refractivity (Wildman–Crippen MR) is 96.8 cm³/mol. The van der Waals surface area contributed by atoms with Gasteiger partial charge in [-0.1, -0.05) is 12.1 Å². The second kappa shape index (κ2) is 8.48. The highest BCUT2D eigenvalue weighted by Crippen LogP contribution is 2.34. The third-order valence-corrected chi connectivity index (χ3v) is 3.74. The summed E-state index contributed by atoms with van der Waals surface area (Å²) in [7, 11) is 1.53. The Bertz CT molecular complexity index is 751. The van der Waals surface area contributed by atoms with Crippen molar-refractivity contribution in [3.05, 3.63) is 56.9 Å². The summed E-state index contributed by atoms with van der Waals surface area (Å²) in [4.78, 5) is 10.6. The van der Waals surface area contributed by atoms with Crippen LogP contribution in [0, 0.1) is 9.39 Å². The van der Waals surface area contributed by atoms with E-state index in [2.05, 4.69) is 33.1 Å². The lowest BCUT2D eigenvalue weighted by Crippen LogP contribution is -2.24. The number of rotatable bonds is 6. The molecule has 0 aliphatic carbocycles. The van der Waals surface area contributed by atoms with Crippen LogP contribution in [0.5, 0.6) is 11.5 Å². The highest BCUT2D eigenvalue weighted by atomic mass is 127. The fraction of sp³-hybridized carbons (Fsp3) is 0.125. The fourth-order valence-corrected chi connectivity index (χ4v) is 2.64. The molecule has 8 heteroatoms. The van der Waals surface area contributed by atoms with Gasteiger partial charge in [-0.15, -0.1) is 0 Å². The number of ether oxygens (including phenoxy) is 2. The maximum atomic E-state index is 12.9. The van der Waals surface area contributed by atoms with Gasteiger partial charge in [-0.25, -0.2) is 14.6 Å². The molecule has 0 saturated heterocycles. The summed E-state index contributed by atoms with van der Waals surface area (Å²) >= 11 is 2.11. The van der Waals surface area contributed by atoms with E-state index in [0.29, 0.717) is 17.1 Å². The first-order valence-corrected chi connectivity index (χ1v) is 7.90. The largest absolute Gasteiger partial charge is 0.493 e. The molecule has 0 spiro atoms. The molecule has 0 aliphatic rings. The second-order valence-electron chi connectivity index (χ2n) is 4.68. The normalized spacial score (nSPS) is 10.6. The van der Waals surface area contributed by atoms with Crippen LogP contribution in [0.3, 0.4) is 0 Å². The quantitative estimate of drug-likeness (QED) is 0.409. The molecule has 0 aromatic heterocycles. The number of primary amides is 1. The SMILES string of the molecule is COc1cc(/C=N\NC(N)=O)cc(I)c1OCc1ccc(F)cc1. The van der Waals surface area contributed by atoms with E-state index >= 15 is 0 Å². The van der Waals surface area contributed by atoms with Crippen molar-refractivity contribution in [3.8, 4) is 11.5 Å². The number of carbonyl (C=O) groups is 1. The van der Waals surface area contributed by atoms with E-state index < -0.39 is 6.03 Å². The number of carbonyl (C=O) groups excluding carboxylic acids is 1. The van der Waals surface area contributed by atoms with Gasteiger partial charge in [-0.2, -0.15) is 5.10 Å². The van der Waals surface area contributed by atoms with Crippen LogP contribution in [-0.4, -0.2) is 19.4 Å². The molecule has 0 saturated carbocycles. The Morgan fingerprint density at radius 3 is 2.71 bits per heavy atom. The molecule has 126 valence electrons. The Hall–Kier alpha value is -2.36. The molecule has 0 atom stereocenters. The molecule has 0 fully saturated rings. The van der Waals surface area contributed by atoms with Crippen LogP contribution in [0.25, 0.3) is 0 Å². The van der Waals surface area contributed by atoms with Crippen molar-refractivity contribution >= 4 is 34.8 Å². The van der Waals surface area contributed by atoms with Gasteiger partial charge in [-0.05, 0) is 58.0 Å². The third kappa shape index (κ3) is 5.08. The van der Waals surface area contributed by atoms with Crippen molar-refractivity contribution in [2.45, 2.75) is 6.61 Å². The van der Waals surface area contributed by atoms with E-state index in [-0.39, 0.29) is 12.4 Å². The molecule has 0 unspecified atom stereocenters. The first-order valence-electron chi connectivity index (χ1n) is 6.83. The molecule has 0 heterocycles. The molecule has 2 aromatic rings. The van der Waals surface area contributed by atoms with E-state index in [1.165, 1.54) is 25.5 Å². The smallest absolute Gasteiger partial charge is 0.332 e. The van der Waals surface area contributed by atoms with Gasteiger partial charge in [0, 0.05) is 0 Å². The van der Waals surface area contributed by atoms with Crippen LogP contribution in [0.15, 0.2) is 41.5 Å². The molecule has 6 nitrogen and oxygen atoms in total. The standard InChI is InChI=1S/C16H15FIN3O3/c1-23-14-7-11(8-20-21-16(19)22)6-13(18)15(14)24-9-10-2-4-12(17)5-3-10/h2-8H,9H2,1H3,(H3,19,21,22)/b20-8-. The molecule has 3 N–H and O–H groups in total. The number of halogens is 2. The van der Waals surface area contributed by atoms with Crippen molar-refractivity contribution in [1.82, 2.24) is 5.43 Å². The lowest BCUT2D eigenvalue weighted by Gasteiger charge is -2.13. The third-order valence-electron chi connectivity index (χ3n) is 2.94. The molecule has 0 bridgehead atoms. The molecule has 0 radical (unpaired) electrons. The Kier molecular flexibility index (Phi) is 6.36. The fourth-order valence-electron chi connectivity index (χ4n) is 1.86. The zero-order valence-electron chi connectivity index (χ0n) is 12.8. The zero-order chi connectivity index (χ0) is 17.5. The van der Waals surface area contributed by atoms with Crippen molar-refractivity contribution in [3.63, 3.8) is 0 Å². The first kappa shape index (κ1) is 18.0. The van der Waals surface area contributed by atoms with Gasteiger partial charge < -0.3 is 15.2 Å². The van der Waals surface area contributed by atoms with Gasteiger partial charge in [0.2, 0.25) is 0 Å². The number of methoxy groups -OCH3 is 1. The van der Waals surface area contributed by atoms with E-state index in [0.717, 1.165) is 9.13 Å². The number of nitrogens with two attached hydrogens (primary N) is 1. The van der Waals surface area contributed by atoms with Crippen LogP contribution < -0.4 is 20.6 Å². The van der Waals surface area contributed by atoms with E-state index in [1.807, 2.05) is 6.07 Å². The van der Waals surface area contributed by atoms with Gasteiger partial charge in [0.25, 0.3) is 0 Å². The van der Waals surface area contributed by atoms with Crippen LogP contribution in [0.4, 0.5) is 9.18 Å². The molecule has 2 aromatic carbocycles. The lowest BCUT2D eigenvalue weighted by atomic mass is 10.2. The maximum absolute atomic E-state index is 12.9. The Balaban J connectivity index is 2.15. The second-order valence-corrected chi connectivity index (χ2v) is 5.85. The van der Waals surface area contributed by atoms with Crippen LogP contribution >= 0.6 is 22.6 Å². The Morgan fingerprint density at radius 2 is 2.08 bits per heavy atom. The predicted octanol–water partition coefficient (Wildman–Crippen LogP) is 3.02. The van der Waals surface area contributed by atoms with Crippen molar-refractivity contribution in [2.75, 3.05) is 7.11 Å². The molecular weight excluding hydrogens is 428 g/mol. The summed E-state index contributed by atoms with van der Waals surface area (Å²) in [6.07, 6.45) is 1.44. The minimum Gasteiger partial charge on any atom is -0.493 e. The minimum atomic E-state index is -0.743. The lowest BCUT2D eigenvalue weighted by molar-refractivity contribution is 0.249. The van der Waals surface area contributed by atoms with Gasteiger partial charge in [0.05, 0.1) is 16.9 Å². The van der Waals surface area contributed by atoms with Crippen molar-refractivity contribution in [2.24, 2.45) is 10.8 Å². The van der Waals surface area contributed by atoms with E-state index in [4.69, 9.17) is 15.2 Å². The average molecular weight is 443 g/mol. The number of nitrogens with one attached hydrogen (secondary N) is 1. The highest BCUT2D eigenvalue weighted by molar-refractivity contribution is 14.1. The van der Waals surface area contributed by atoms with Gasteiger partial charge in [-0.3, -0.25) is 0 Å². The van der Waals surface area contributed by atoms with Gasteiger partial charge in [0.1, 0.15) is 12.4 Å². The molecule has 2 amide bonds. The number of hydrazone groups is 1. The van der Waals surface area contributed by atoms with Gasteiger partial charge in [0.15, 0.2) is 11.5 Å². The summed E-state index contributed by atoms with van der Waals surface area (Å²) in [5.41, 5.74) is 8.60. The molecule has 24 heavy (non-hydrogen) atoms. The van der Waals surface area contributed by atoms with E-state index in [1.54, 1.807) is 18.2 Å². The maximum Gasteiger partial charge on any atom is 0.332 e. The monoisotopic (exact) mass is 443 g/mol. The molecular formula is C16H15FIN3O3. The van der Waals surface area contributed by atoms with Crippen LogP contribution in [-0.2, 0) is 6.61 Å². The number of hydrogen-bond acceptors (Lipinski definition) is 4. The number of urea groups is 1. The summed E-state index contributed by atoms with van der Waals surface area (Å²) in [6, 6.07) is 8.87. The summed E-state index contributed by atoms with van der Waals surface area (Å²) in [5.74, 6) is 0.797. The average Bonchev–Trinajstić information content (AvgIpc) is 2.54. The molecule has 0 aliphatic heterocycles. The first-order chi connectivity index (χ1) is 11.5. The van der Waals surface area contributed by atoms with Crippen molar-refractivity contribution in [1.29, 1.82) is 0 Å². The highest BCUT2D eigenvalue weighted by Gasteiger charge is 2.11. The zero-order valence-corrected chi connectivity index (χ0v) is 14.9. The Labute approximate surface area is 152 Å². The van der Waals surface area contributed by atoms with Crippen LogP contribution in [0.2, 0.25) is 0 Å². The summed E-state index contributed by atoms with van der Waals surface area (Å²) in [5, 5.41) is 3.70. The topological polar surface area (TPSA) is 85.9 Å². The van der Waals surface area contributed by atoms with Gasteiger partial charge >= 0.3 is 6.03 Å². The number of amides is 2. The number of hydrogen-bond donors (Lipinski definition) is 2. The minimum absolute atomic E-state index is 0.281. The number of benzene rings is 2. The summed E-state index contributed by atoms with van der Waals surface area (Å²) in [6.45, 7) is 0.281. The van der Waals surface area contributed by atoms with Crippen molar-refractivity contribution < 1.29 is 18.7 Å². The Morgan fingerprint density at radius 1 is 1.38 bits per heavy atom. The van der Waals surface area contributed by atoms with Crippen LogP contribution in [0.1, 0.15) is 11.1 Å². The number of nitrogens with zero attached hydrogens (tertiary/aromatic N) is 1. The molecule has 2 rings (SSSR count).